The number of fused-ring (bicyclic) bond motifs is 2. The Kier molecular flexibility index (Phi) is 7.67. The summed E-state index contributed by atoms with van der Waals surface area (Å²) in [4.78, 5) is 31.3. The van der Waals surface area contributed by atoms with E-state index in [-0.39, 0.29) is 26.6 Å². The predicted molar refractivity (Wildman–Crippen MR) is 160 cm³/mol. The Labute approximate surface area is 244 Å². The number of amides is 1. The first kappa shape index (κ1) is 27.9. The standard InChI is InChI=1S/C30H25FN4O5S2/c31-22-11-14-25-27(17-22)41-30(33-25)35(32-18-21-19-40-26-8-4-3-7-24(26)28(21)36)29(37)20-9-12-23(13-10-20)42(38,39)34-15-5-1-2-6-16-34/h3-4,7-14,17-19H,1-2,5-6,15-16H2/b32-18+. The van der Waals surface area contributed by atoms with Gasteiger partial charge >= 0.3 is 0 Å². The fourth-order valence-corrected chi connectivity index (χ4v) is 7.25. The third-order valence-electron chi connectivity index (χ3n) is 7.04. The maximum absolute atomic E-state index is 13.9. The molecule has 9 nitrogen and oxygen atoms in total. The van der Waals surface area contributed by atoms with Gasteiger partial charge in [-0.25, -0.2) is 17.8 Å². The van der Waals surface area contributed by atoms with Gasteiger partial charge in [0.1, 0.15) is 17.7 Å². The number of para-hydroxylation sites is 1. The van der Waals surface area contributed by atoms with E-state index in [1.807, 2.05) is 0 Å². The number of aromatic nitrogens is 1. The summed E-state index contributed by atoms with van der Waals surface area (Å²) in [5, 5.41) is 5.82. The molecule has 2 aromatic heterocycles. The quantitative estimate of drug-likeness (QED) is 0.179. The molecule has 0 saturated carbocycles. The number of thiazole rings is 1. The van der Waals surface area contributed by atoms with E-state index in [0.29, 0.717) is 34.3 Å². The minimum absolute atomic E-state index is 0.0974. The molecule has 42 heavy (non-hydrogen) atoms. The number of hydrogen-bond acceptors (Lipinski definition) is 8. The van der Waals surface area contributed by atoms with Gasteiger partial charge in [0.25, 0.3) is 5.91 Å². The summed E-state index contributed by atoms with van der Waals surface area (Å²) in [6.07, 6.45) is 6.08. The van der Waals surface area contributed by atoms with Gasteiger partial charge in [0, 0.05) is 18.7 Å². The van der Waals surface area contributed by atoms with Crippen LogP contribution in [0.2, 0.25) is 0 Å². The Morgan fingerprint density at radius 3 is 2.52 bits per heavy atom. The zero-order valence-electron chi connectivity index (χ0n) is 22.3. The number of benzene rings is 3. The summed E-state index contributed by atoms with van der Waals surface area (Å²) >= 11 is 1.05. The highest BCUT2D eigenvalue weighted by Gasteiger charge is 2.27. The molecule has 1 aliphatic rings. The van der Waals surface area contributed by atoms with Crippen LogP contribution < -0.4 is 10.4 Å². The van der Waals surface area contributed by atoms with Gasteiger partial charge in [0.15, 0.2) is 0 Å². The largest absolute Gasteiger partial charge is 0.463 e. The van der Waals surface area contributed by atoms with Crippen LogP contribution in [0.25, 0.3) is 21.2 Å². The maximum atomic E-state index is 13.9. The van der Waals surface area contributed by atoms with Crippen LogP contribution >= 0.6 is 11.3 Å². The van der Waals surface area contributed by atoms with E-state index < -0.39 is 21.7 Å². The van der Waals surface area contributed by atoms with Gasteiger partial charge < -0.3 is 4.42 Å². The molecule has 0 atom stereocenters. The van der Waals surface area contributed by atoms with Crippen molar-refractivity contribution in [3.63, 3.8) is 0 Å². The molecule has 0 aliphatic carbocycles. The van der Waals surface area contributed by atoms with Crippen LogP contribution in [-0.4, -0.2) is 42.9 Å². The highest BCUT2D eigenvalue weighted by Crippen LogP contribution is 2.31. The highest BCUT2D eigenvalue weighted by atomic mass is 32.2. The fourth-order valence-electron chi connectivity index (χ4n) is 4.79. The van der Waals surface area contributed by atoms with Crippen molar-refractivity contribution in [1.29, 1.82) is 0 Å². The molecule has 0 radical (unpaired) electrons. The lowest BCUT2D eigenvalue weighted by molar-refractivity contribution is 0.0987. The van der Waals surface area contributed by atoms with Crippen LogP contribution in [0.5, 0.6) is 0 Å². The van der Waals surface area contributed by atoms with Gasteiger partial charge in [-0.1, -0.05) is 36.3 Å². The molecule has 5 aromatic rings. The molecule has 0 unspecified atom stereocenters. The van der Waals surface area contributed by atoms with E-state index in [0.717, 1.165) is 42.0 Å². The molecule has 0 N–H and O–H groups in total. The second-order valence-electron chi connectivity index (χ2n) is 9.83. The number of rotatable bonds is 6. The highest BCUT2D eigenvalue weighted by molar-refractivity contribution is 7.89. The summed E-state index contributed by atoms with van der Waals surface area (Å²) in [5.41, 5.74) is 0.808. The third-order valence-corrected chi connectivity index (χ3v) is 9.94. The van der Waals surface area contributed by atoms with Gasteiger partial charge in [-0.05, 0) is 67.4 Å². The molecule has 6 rings (SSSR count). The van der Waals surface area contributed by atoms with Crippen molar-refractivity contribution in [3.8, 4) is 0 Å². The van der Waals surface area contributed by atoms with E-state index in [4.69, 9.17) is 4.42 Å². The molecule has 3 heterocycles. The van der Waals surface area contributed by atoms with Crippen LogP contribution in [0.1, 0.15) is 41.6 Å². The molecule has 3 aromatic carbocycles. The number of carbonyl (C=O) groups is 1. The molecule has 0 bridgehead atoms. The maximum Gasteiger partial charge on any atom is 0.280 e. The summed E-state index contributed by atoms with van der Waals surface area (Å²) in [6.45, 7) is 0.930. The minimum Gasteiger partial charge on any atom is -0.463 e. The average Bonchev–Trinajstić information content (AvgIpc) is 3.20. The van der Waals surface area contributed by atoms with Crippen LogP contribution in [0.4, 0.5) is 9.52 Å². The first-order valence-electron chi connectivity index (χ1n) is 13.4. The summed E-state index contributed by atoms with van der Waals surface area (Å²) < 4.78 is 47.9. The Morgan fingerprint density at radius 1 is 1.02 bits per heavy atom. The average molecular weight is 605 g/mol. The molecule has 1 aliphatic heterocycles. The van der Waals surface area contributed by atoms with Crippen molar-refractivity contribution in [1.82, 2.24) is 9.29 Å². The lowest BCUT2D eigenvalue weighted by Crippen LogP contribution is -2.32. The van der Waals surface area contributed by atoms with Crippen molar-refractivity contribution < 1.29 is 22.0 Å². The van der Waals surface area contributed by atoms with Crippen molar-refractivity contribution in [2.75, 3.05) is 18.1 Å². The first-order valence-corrected chi connectivity index (χ1v) is 15.6. The number of nitrogens with zero attached hydrogens (tertiary/aromatic N) is 4. The second-order valence-corrected chi connectivity index (χ2v) is 12.8. The Bertz CT molecular complexity index is 1980. The zero-order valence-corrected chi connectivity index (χ0v) is 23.9. The summed E-state index contributed by atoms with van der Waals surface area (Å²) in [7, 11) is -3.70. The molecular weight excluding hydrogens is 579 g/mol. The number of carbonyl (C=O) groups excluding carboxylic acids is 1. The van der Waals surface area contributed by atoms with E-state index in [1.54, 1.807) is 24.3 Å². The van der Waals surface area contributed by atoms with E-state index in [1.165, 1.54) is 59.2 Å². The first-order chi connectivity index (χ1) is 20.3. The van der Waals surface area contributed by atoms with E-state index in [2.05, 4.69) is 10.1 Å². The Hall–Kier alpha value is -4.26. The summed E-state index contributed by atoms with van der Waals surface area (Å²) in [6, 6.07) is 16.5. The lowest BCUT2D eigenvalue weighted by atomic mass is 10.2. The van der Waals surface area contributed by atoms with E-state index >= 15 is 0 Å². The number of halogens is 1. The van der Waals surface area contributed by atoms with Gasteiger partial charge in [-0.3, -0.25) is 9.59 Å². The van der Waals surface area contributed by atoms with Gasteiger partial charge in [0.05, 0.1) is 32.3 Å². The molecule has 214 valence electrons. The van der Waals surface area contributed by atoms with Gasteiger partial charge in [-0.2, -0.15) is 14.4 Å². The number of sulfonamides is 1. The van der Waals surface area contributed by atoms with Crippen molar-refractivity contribution in [2.24, 2.45) is 5.10 Å². The predicted octanol–water partition coefficient (Wildman–Crippen LogP) is 5.79. The summed E-state index contributed by atoms with van der Waals surface area (Å²) in [5.74, 6) is -1.07. The number of anilines is 1. The van der Waals surface area contributed by atoms with Gasteiger partial charge in [-0.15, -0.1) is 0 Å². The van der Waals surface area contributed by atoms with Crippen LogP contribution in [0.15, 0.2) is 92.2 Å². The SMILES string of the molecule is O=C(c1ccc(S(=O)(=O)N2CCCCCC2)cc1)N(/N=C/c1coc2ccccc2c1=O)c1nc2ccc(F)cc2s1. The lowest BCUT2D eigenvalue weighted by Gasteiger charge is -2.20. The van der Waals surface area contributed by atoms with Crippen molar-refractivity contribution >= 4 is 59.8 Å². The molecule has 1 saturated heterocycles. The second kappa shape index (κ2) is 11.6. The van der Waals surface area contributed by atoms with E-state index in [9.17, 15) is 22.4 Å². The molecule has 1 fully saturated rings. The number of hydrazone groups is 1. The minimum atomic E-state index is -3.70. The topological polar surface area (TPSA) is 113 Å². The Morgan fingerprint density at radius 2 is 1.76 bits per heavy atom. The molecule has 12 heteroatoms. The Balaban J connectivity index is 1.36. The normalized spacial score (nSPS) is 14.9. The molecule has 0 spiro atoms. The molecule has 1 amide bonds. The van der Waals surface area contributed by atoms with Crippen molar-refractivity contribution in [3.05, 3.63) is 100 Å². The van der Waals surface area contributed by atoms with Crippen LogP contribution in [0.3, 0.4) is 0 Å². The number of hydrogen-bond donors (Lipinski definition) is 0. The van der Waals surface area contributed by atoms with Crippen LogP contribution in [-0.2, 0) is 10.0 Å². The zero-order chi connectivity index (χ0) is 29.3. The van der Waals surface area contributed by atoms with Crippen LogP contribution in [0, 0.1) is 5.82 Å². The van der Waals surface area contributed by atoms with Crippen molar-refractivity contribution in [2.45, 2.75) is 30.6 Å². The molecular formula is C30H25FN4O5S2. The smallest absolute Gasteiger partial charge is 0.280 e. The van der Waals surface area contributed by atoms with Gasteiger partial charge in [0.2, 0.25) is 20.6 Å². The third kappa shape index (κ3) is 5.48. The monoisotopic (exact) mass is 604 g/mol. The fraction of sp³-hybridized carbons (Fsp3) is 0.200.